The zero-order valence-corrected chi connectivity index (χ0v) is 13.8. The number of halogens is 2. The van der Waals surface area contributed by atoms with Crippen LogP contribution in [0.4, 0.5) is 4.39 Å². The fraction of sp³-hybridized carbons (Fsp3) is 0.462. The Morgan fingerprint density at radius 1 is 1.36 bits per heavy atom. The SMILES string of the molecule is CC(CN)CNC(=O)CCNS(=O)(=O)c1ccccc1F.Cl. The number of hydrogen-bond acceptors (Lipinski definition) is 4. The molecular formula is C13H21ClFN3O3S. The van der Waals surface area contributed by atoms with E-state index >= 15 is 0 Å². The van der Waals surface area contributed by atoms with Gasteiger partial charge in [0.25, 0.3) is 0 Å². The highest BCUT2D eigenvalue weighted by Crippen LogP contribution is 2.12. The first-order valence-electron chi connectivity index (χ1n) is 6.57. The maximum Gasteiger partial charge on any atom is 0.243 e. The molecule has 6 nitrogen and oxygen atoms in total. The van der Waals surface area contributed by atoms with E-state index in [1.54, 1.807) is 0 Å². The molecule has 9 heteroatoms. The molecule has 1 rings (SSSR count). The Balaban J connectivity index is 0.00000441. The van der Waals surface area contributed by atoms with E-state index < -0.39 is 20.7 Å². The van der Waals surface area contributed by atoms with Gasteiger partial charge in [-0.1, -0.05) is 19.1 Å². The number of carbonyl (C=O) groups excluding carboxylic acids is 1. The Kier molecular flexibility index (Phi) is 9.19. The van der Waals surface area contributed by atoms with Crippen molar-refractivity contribution in [3.05, 3.63) is 30.1 Å². The van der Waals surface area contributed by atoms with E-state index in [9.17, 15) is 17.6 Å². The molecule has 0 bridgehead atoms. The molecule has 4 N–H and O–H groups in total. The third-order valence-corrected chi connectivity index (χ3v) is 4.31. The molecule has 0 saturated carbocycles. The summed E-state index contributed by atoms with van der Waals surface area (Å²) in [6.45, 7) is 2.69. The normalized spacial score (nSPS) is 12.3. The van der Waals surface area contributed by atoms with Gasteiger partial charge in [-0.25, -0.2) is 17.5 Å². The summed E-state index contributed by atoms with van der Waals surface area (Å²) in [4.78, 5) is 11.1. The predicted molar refractivity (Wildman–Crippen MR) is 84.7 cm³/mol. The summed E-state index contributed by atoms with van der Waals surface area (Å²) in [6, 6.07) is 5.06. The molecule has 1 atom stereocenters. The van der Waals surface area contributed by atoms with Gasteiger partial charge < -0.3 is 11.1 Å². The van der Waals surface area contributed by atoms with Crippen LogP contribution < -0.4 is 15.8 Å². The Labute approximate surface area is 136 Å². The third-order valence-electron chi connectivity index (χ3n) is 2.82. The number of benzene rings is 1. The van der Waals surface area contributed by atoms with Crippen LogP contribution in [0.3, 0.4) is 0 Å². The topological polar surface area (TPSA) is 101 Å². The Morgan fingerprint density at radius 2 is 2.00 bits per heavy atom. The zero-order valence-electron chi connectivity index (χ0n) is 12.2. The van der Waals surface area contributed by atoms with Crippen LogP contribution in [-0.2, 0) is 14.8 Å². The van der Waals surface area contributed by atoms with Gasteiger partial charge in [-0.3, -0.25) is 4.79 Å². The number of nitrogens with two attached hydrogens (primary N) is 1. The summed E-state index contributed by atoms with van der Waals surface area (Å²) in [6.07, 6.45) is -0.0228. The van der Waals surface area contributed by atoms with Gasteiger partial charge in [0.15, 0.2) is 0 Å². The van der Waals surface area contributed by atoms with Gasteiger partial charge in [0.1, 0.15) is 10.7 Å². The van der Waals surface area contributed by atoms with E-state index in [0.717, 1.165) is 6.07 Å². The highest BCUT2D eigenvalue weighted by molar-refractivity contribution is 7.89. The van der Waals surface area contributed by atoms with Gasteiger partial charge in [0.05, 0.1) is 0 Å². The number of hydrogen-bond donors (Lipinski definition) is 3. The second kappa shape index (κ2) is 9.73. The first kappa shape index (κ1) is 20.8. The van der Waals surface area contributed by atoms with Crippen LogP contribution >= 0.6 is 12.4 Å². The van der Waals surface area contributed by atoms with Crippen LogP contribution in [0.1, 0.15) is 13.3 Å². The highest BCUT2D eigenvalue weighted by atomic mass is 35.5. The fourth-order valence-electron chi connectivity index (χ4n) is 1.50. The Bertz CT molecular complexity index is 584. The number of nitrogens with one attached hydrogen (secondary N) is 2. The van der Waals surface area contributed by atoms with Crippen LogP contribution in [0.5, 0.6) is 0 Å². The molecule has 1 aromatic carbocycles. The molecule has 22 heavy (non-hydrogen) atoms. The average molecular weight is 354 g/mol. The minimum atomic E-state index is -3.95. The molecule has 0 aliphatic carbocycles. The van der Waals surface area contributed by atoms with Crippen molar-refractivity contribution in [3.8, 4) is 0 Å². The van der Waals surface area contributed by atoms with E-state index in [1.807, 2.05) is 6.92 Å². The molecule has 1 aromatic rings. The van der Waals surface area contributed by atoms with Crippen molar-refractivity contribution in [1.82, 2.24) is 10.0 Å². The molecule has 1 amide bonds. The molecule has 0 saturated heterocycles. The van der Waals surface area contributed by atoms with Crippen LogP contribution in [-0.4, -0.2) is 34.0 Å². The maximum atomic E-state index is 13.4. The van der Waals surface area contributed by atoms with Crippen molar-refractivity contribution in [2.24, 2.45) is 11.7 Å². The number of amides is 1. The van der Waals surface area contributed by atoms with Crippen molar-refractivity contribution in [2.75, 3.05) is 19.6 Å². The summed E-state index contributed by atoms with van der Waals surface area (Å²) in [5.74, 6) is -0.957. The van der Waals surface area contributed by atoms with Crippen molar-refractivity contribution in [2.45, 2.75) is 18.2 Å². The van der Waals surface area contributed by atoms with E-state index in [4.69, 9.17) is 5.73 Å². The largest absolute Gasteiger partial charge is 0.356 e. The first-order valence-corrected chi connectivity index (χ1v) is 8.06. The molecule has 126 valence electrons. The molecule has 0 fully saturated rings. The second-order valence-electron chi connectivity index (χ2n) is 4.72. The summed E-state index contributed by atoms with van der Waals surface area (Å²) in [5, 5.41) is 2.64. The maximum absolute atomic E-state index is 13.4. The lowest BCUT2D eigenvalue weighted by Crippen LogP contribution is -2.34. The molecule has 1 unspecified atom stereocenters. The van der Waals surface area contributed by atoms with Crippen molar-refractivity contribution >= 4 is 28.3 Å². The van der Waals surface area contributed by atoms with Gasteiger partial charge in [-0.15, -0.1) is 12.4 Å². The number of sulfonamides is 1. The van der Waals surface area contributed by atoms with Crippen molar-refractivity contribution < 1.29 is 17.6 Å². The lowest BCUT2D eigenvalue weighted by Gasteiger charge is -2.10. The van der Waals surface area contributed by atoms with Gasteiger partial charge in [-0.05, 0) is 24.6 Å². The van der Waals surface area contributed by atoms with Gasteiger partial charge in [-0.2, -0.15) is 0 Å². The molecular weight excluding hydrogens is 333 g/mol. The summed E-state index contributed by atoms with van der Waals surface area (Å²) in [7, 11) is -3.95. The number of rotatable bonds is 8. The molecule has 0 aromatic heterocycles. The second-order valence-corrected chi connectivity index (χ2v) is 6.46. The number of carbonyl (C=O) groups is 1. The summed E-state index contributed by atoms with van der Waals surface area (Å²) < 4.78 is 39.3. The van der Waals surface area contributed by atoms with E-state index in [0.29, 0.717) is 13.1 Å². The van der Waals surface area contributed by atoms with Crippen LogP contribution in [0.25, 0.3) is 0 Å². The lowest BCUT2D eigenvalue weighted by atomic mass is 10.2. The molecule has 0 spiro atoms. The summed E-state index contributed by atoms with van der Waals surface area (Å²) in [5.41, 5.74) is 5.42. The quantitative estimate of drug-likeness (QED) is 0.638. The average Bonchev–Trinajstić information content (AvgIpc) is 2.44. The van der Waals surface area contributed by atoms with Crippen molar-refractivity contribution in [1.29, 1.82) is 0 Å². The summed E-state index contributed by atoms with van der Waals surface area (Å²) >= 11 is 0. The standard InChI is InChI=1S/C13H20FN3O3S.ClH/c1-10(8-15)9-16-13(18)6-7-17-21(19,20)12-5-3-2-4-11(12)14;/h2-5,10,17H,6-9,15H2,1H3,(H,16,18);1H. The van der Waals surface area contributed by atoms with E-state index in [-0.39, 0.29) is 37.2 Å². The van der Waals surface area contributed by atoms with Gasteiger partial charge in [0.2, 0.25) is 15.9 Å². The van der Waals surface area contributed by atoms with Gasteiger partial charge in [0, 0.05) is 19.5 Å². The lowest BCUT2D eigenvalue weighted by molar-refractivity contribution is -0.121. The highest BCUT2D eigenvalue weighted by Gasteiger charge is 2.18. The monoisotopic (exact) mass is 353 g/mol. The minimum absolute atomic E-state index is 0. The Morgan fingerprint density at radius 3 is 2.59 bits per heavy atom. The van der Waals surface area contributed by atoms with Crippen LogP contribution in [0.2, 0.25) is 0 Å². The van der Waals surface area contributed by atoms with Crippen molar-refractivity contribution in [3.63, 3.8) is 0 Å². The molecule has 0 aliphatic rings. The van der Waals surface area contributed by atoms with Crippen LogP contribution in [0, 0.1) is 11.7 Å². The third kappa shape index (κ3) is 6.69. The first-order chi connectivity index (χ1) is 9.86. The minimum Gasteiger partial charge on any atom is -0.356 e. The van der Waals surface area contributed by atoms with E-state index in [2.05, 4.69) is 10.0 Å². The predicted octanol–water partition coefficient (Wildman–Crippen LogP) is 0.627. The molecule has 0 aliphatic heterocycles. The Hall–Kier alpha value is -1.22. The van der Waals surface area contributed by atoms with E-state index in [1.165, 1.54) is 18.2 Å². The molecule has 0 radical (unpaired) electrons. The molecule has 0 heterocycles. The van der Waals surface area contributed by atoms with Crippen LogP contribution in [0.15, 0.2) is 29.2 Å². The zero-order chi connectivity index (χ0) is 15.9. The smallest absolute Gasteiger partial charge is 0.243 e. The fourth-order valence-corrected chi connectivity index (χ4v) is 2.61. The van der Waals surface area contributed by atoms with Gasteiger partial charge >= 0.3 is 0 Å².